The number of ether oxygens (including phenoxy) is 1. The highest BCUT2D eigenvalue weighted by Crippen LogP contribution is 2.29. The van der Waals surface area contributed by atoms with Crippen molar-refractivity contribution in [3.63, 3.8) is 0 Å². The van der Waals surface area contributed by atoms with Gasteiger partial charge in [0.25, 0.3) is 0 Å². The van der Waals surface area contributed by atoms with E-state index < -0.39 is 0 Å². The van der Waals surface area contributed by atoms with Gasteiger partial charge in [0.05, 0.1) is 18.9 Å². The highest BCUT2D eigenvalue weighted by molar-refractivity contribution is 5.51. The largest absolute Gasteiger partial charge is 0.378 e. The molecule has 3 heterocycles. The maximum absolute atomic E-state index is 5.56. The van der Waals surface area contributed by atoms with Gasteiger partial charge in [0.15, 0.2) is 0 Å². The quantitative estimate of drug-likeness (QED) is 0.699. The van der Waals surface area contributed by atoms with E-state index in [0.717, 1.165) is 45.9 Å². The molecule has 0 aliphatic carbocycles. The second-order valence-electron chi connectivity index (χ2n) is 9.32. The van der Waals surface area contributed by atoms with Gasteiger partial charge in [-0.3, -0.25) is 9.58 Å². The summed E-state index contributed by atoms with van der Waals surface area (Å²) in [6.45, 7) is 13.2. The lowest BCUT2D eigenvalue weighted by Crippen LogP contribution is -2.38. The maximum atomic E-state index is 5.56. The number of anilines is 1. The van der Waals surface area contributed by atoms with Crippen LogP contribution in [0.2, 0.25) is 0 Å². The Balaban J connectivity index is 1.37. The normalized spacial score (nSPS) is 18.1. The van der Waals surface area contributed by atoms with Gasteiger partial charge in [-0.2, -0.15) is 5.10 Å². The van der Waals surface area contributed by atoms with E-state index in [0.29, 0.717) is 5.92 Å². The number of piperidine rings is 1. The zero-order valence-corrected chi connectivity index (χ0v) is 19.6. The highest BCUT2D eigenvalue weighted by Gasteiger charge is 2.24. The molecule has 2 aliphatic heterocycles. The summed E-state index contributed by atoms with van der Waals surface area (Å²) in [5, 5.41) is 8.55. The minimum absolute atomic E-state index is 0.409. The van der Waals surface area contributed by atoms with Gasteiger partial charge in [0, 0.05) is 45.3 Å². The molecule has 1 N–H and O–H groups in total. The van der Waals surface area contributed by atoms with E-state index in [9.17, 15) is 0 Å². The van der Waals surface area contributed by atoms with Crippen LogP contribution in [0.15, 0.2) is 24.3 Å². The van der Waals surface area contributed by atoms with Crippen LogP contribution < -0.4 is 10.2 Å². The van der Waals surface area contributed by atoms with Crippen LogP contribution in [0.4, 0.5) is 5.82 Å². The van der Waals surface area contributed by atoms with Gasteiger partial charge in [0.2, 0.25) is 0 Å². The van der Waals surface area contributed by atoms with Crippen LogP contribution in [0.25, 0.3) is 0 Å². The summed E-state index contributed by atoms with van der Waals surface area (Å²) in [4.78, 5) is 5.01. The van der Waals surface area contributed by atoms with Crippen molar-refractivity contribution in [1.29, 1.82) is 0 Å². The van der Waals surface area contributed by atoms with Crippen LogP contribution in [0.1, 0.15) is 61.4 Å². The maximum Gasteiger partial charge on any atom is 0.131 e. The smallest absolute Gasteiger partial charge is 0.131 e. The Kier molecular flexibility index (Phi) is 7.64. The molecule has 2 fully saturated rings. The van der Waals surface area contributed by atoms with Gasteiger partial charge < -0.3 is 15.0 Å². The van der Waals surface area contributed by atoms with Crippen LogP contribution in [0, 0.1) is 0 Å². The van der Waals surface area contributed by atoms with Crippen LogP contribution in [0.3, 0.4) is 0 Å². The lowest BCUT2D eigenvalue weighted by Gasteiger charge is -2.29. The van der Waals surface area contributed by atoms with Crippen LogP contribution in [-0.2, 0) is 31.4 Å². The molecule has 0 amide bonds. The Hall–Kier alpha value is -1.89. The molecule has 6 nitrogen and oxygen atoms in total. The zero-order chi connectivity index (χ0) is 21.6. The molecule has 1 aromatic heterocycles. The van der Waals surface area contributed by atoms with Crippen molar-refractivity contribution >= 4 is 5.82 Å². The van der Waals surface area contributed by atoms with Crippen molar-refractivity contribution in [3.05, 3.63) is 46.6 Å². The summed E-state index contributed by atoms with van der Waals surface area (Å²) in [6, 6.07) is 9.16. The number of aromatic nitrogens is 2. The topological polar surface area (TPSA) is 45.6 Å². The Bertz CT molecular complexity index is 817. The number of rotatable bonds is 8. The number of morpholine rings is 1. The number of hydrogen-bond acceptors (Lipinski definition) is 5. The molecule has 2 aliphatic rings. The number of nitrogens with one attached hydrogen (secondary N) is 1. The van der Waals surface area contributed by atoms with Gasteiger partial charge in [0.1, 0.15) is 5.82 Å². The van der Waals surface area contributed by atoms with Crippen molar-refractivity contribution in [3.8, 4) is 0 Å². The standard InChI is InChI=1S/C25H39N5O/c1-20(2)24-23(25(28(3)27-24)30-13-15-31-16-14-30)18-26-17-21-7-9-22(10-8-21)19-29-11-5-4-6-12-29/h7-10,20,26H,4-6,11-19H2,1-3H3. The van der Waals surface area contributed by atoms with E-state index >= 15 is 0 Å². The molecule has 0 radical (unpaired) electrons. The first-order valence-electron chi connectivity index (χ1n) is 12.0. The van der Waals surface area contributed by atoms with Crippen molar-refractivity contribution in [2.75, 3.05) is 44.3 Å². The minimum Gasteiger partial charge on any atom is -0.378 e. The van der Waals surface area contributed by atoms with Gasteiger partial charge >= 0.3 is 0 Å². The molecule has 4 rings (SSSR count). The predicted molar refractivity (Wildman–Crippen MR) is 126 cm³/mol. The molecule has 6 heteroatoms. The lowest BCUT2D eigenvalue weighted by atomic mass is 10.0. The summed E-state index contributed by atoms with van der Waals surface area (Å²) in [6.07, 6.45) is 4.09. The first-order valence-corrected chi connectivity index (χ1v) is 12.0. The van der Waals surface area contributed by atoms with Crippen LogP contribution in [-0.4, -0.2) is 54.1 Å². The molecule has 0 spiro atoms. The first kappa shape index (κ1) is 22.3. The molecule has 2 saturated heterocycles. The highest BCUT2D eigenvalue weighted by atomic mass is 16.5. The zero-order valence-electron chi connectivity index (χ0n) is 19.6. The van der Waals surface area contributed by atoms with Crippen molar-refractivity contribution in [2.45, 2.75) is 58.7 Å². The number of benzene rings is 1. The van der Waals surface area contributed by atoms with Crippen LogP contribution in [0.5, 0.6) is 0 Å². The predicted octanol–water partition coefficient (Wildman–Crippen LogP) is 3.66. The summed E-state index contributed by atoms with van der Waals surface area (Å²) in [7, 11) is 2.07. The molecule has 1 aromatic carbocycles. The molecule has 0 atom stereocenters. The fourth-order valence-electron chi connectivity index (χ4n) is 4.85. The summed E-state index contributed by atoms with van der Waals surface area (Å²) >= 11 is 0. The molecule has 0 unspecified atom stereocenters. The number of aryl methyl sites for hydroxylation is 1. The molecule has 170 valence electrons. The third-order valence-electron chi connectivity index (χ3n) is 6.51. The van der Waals surface area contributed by atoms with E-state index in [1.807, 2.05) is 0 Å². The second-order valence-corrected chi connectivity index (χ2v) is 9.32. The fourth-order valence-corrected chi connectivity index (χ4v) is 4.85. The minimum atomic E-state index is 0.409. The van der Waals surface area contributed by atoms with Crippen LogP contribution >= 0.6 is 0 Å². The first-order chi connectivity index (χ1) is 15.1. The fraction of sp³-hybridized carbons (Fsp3) is 0.640. The average Bonchev–Trinajstić information content (AvgIpc) is 3.12. The van der Waals surface area contributed by atoms with Gasteiger partial charge in [-0.05, 0) is 43.0 Å². The van der Waals surface area contributed by atoms with Gasteiger partial charge in [-0.1, -0.05) is 44.5 Å². The molecule has 31 heavy (non-hydrogen) atoms. The number of nitrogens with zero attached hydrogens (tertiary/aromatic N) is 4. The second kappa shape index (κ2) is 10.6. The Morgan fingerprint density at radius 2 is 1.61 bits per heavy atom. The summed E-state index contributed by atoms with van der Waals surface area (Å²) in [5.74, 6) is 1.66. The van der Waals surface area contributed by atoms with Crippen molar-refractivity contribution < 1.29 is 4.74 Å². The average molecular weight is 426 g/mol. The van der Waals surface area contributed by atoms with E-state index in [1.165, 1.54) is 60.6 Å². The SMILES string of the molecule is CC(C)c1nn(C)c(N2CCOCC2)c1CNCc1ccc(CN2CCCCC2)cc1. The van der Waals surface area contributed by atoms with Gasteiger partial charge in [-0.25, -0.2) is 0 Å². The van der Waals surface area contributed by atoms with Gasteiger partial charge in [-0.15, -0.1) is 0 Å². The van der Waals surface area contributed by atoms with E-state index in [2.05, 4.69) is 65.0 Å². The van der Waals surface area contributed by atoms with E-state index in [4.69, 9.17) is 9.84 Å². The Labute approximate surface area is 187 Å². The molecular weight excluding hydrogens is 386 g/mol. The molecule has 0 bridgehead atoms. The lowest BCUT2D eigenvalue weighted by molar-refractivity contribution is 0.122. The summed E-state index contributed by atoms with van der Waals surface area (Å²) in [5.41, 5.74) is 5.30. The third kappa shape index (κ3) is 5.68. The number of likely N-dealkylation sites (tertiary alicyclic amines) is 1. The molecule has 0 saturated carbocycles. The van der Waals surface area contributed by atoms with Crippen molar-refractivity contribution in [1.82, 2.24) is 20.0 Å². The monoisotopic (exact) mass is 425 g/mol. The molecule has 2 aromatic rings. The summed E-state index contributed by atoms with van der Waals surface area (Å²) < 4.78 is 7.62. The molecular formula is C25H39N5O. The number of hydrogen-bond donors (Lipinski definition) is 1. The van der Waals surface area contributed by atoms with E-state index in [-0.39, 0.29) is 0 Å². The third-order valence-corrected chi connectivity index (χ3v) is 6.51. The van der Waals surface area contributed by atoms with E-state index in [1.54, 1.807) is 0 Å². The Morgan fingerprint density at radius 1 is 0.935 bits per heavy atom. The Morgan fingerprint density at radius 3 is 2.29 bits per heavy atom. The van der Waals surface area contributed by atoms with Crippen molar-refractivity contribution in [2.24, 2.45) is 7.05 Å².